The summed E-state index contributed by atoms with van der Waals surface area (Å²) in [5.41, 5.74) is 5.03. The monoisotopic (exact) mass is 341 g/mol. The molecule has 0 saturated heterocycles. The van der Waals surface area contributed by atoms with Gasteiger partial charge in [-0.25, -0.2) is 4.79 Å². The summed E-state index contributed by atoms with van der Waals surface area (Å²) in [4.78, 5) is 12.3. The van der Waals surface area contributed by atoms with Crippen LogP contribution in [0.2, 0.25) is 0 Å². The Hall–Kier alpha value is -2.37. The summed E-state index contributed by atoms with van der Waals surface area (Å²) in [6.45, 7) is 6.93. The van der Waals surface area contributed by atoms with Crippen LogP contribution in [0.3, 0.4) is 0 Å². The van der Waals surface area contributed by atoms with Gasteiger partial charge in [0.2, 0.25) is 0 Å². The molecule has 0 N–H and O–H groups in total. The highest BCUT2D eigenvalue weighted by Crippen LogP contribution is 2.39. The van der Waals surface area contributed by atoms with E-state index in [0.717, 1.165) is 41.2 Å². The minimum absolute atomic E-state index is 0.0542. The van der Waals surface area contributed by atoms with Gasteiger partial charge in [0, 0.05) is 17.8 Å². The summed E-state index contributed by atoms with van der Waals surface area (Å²) in [5.74, 6) is 1.20. The molecule has 3 rings (SSSR count). The lowest BCUT2D eigenvalue weighted by Crippen LogP contribution is -2.19. The molecule has 0 spiro atoms. The largest absolute Gasteiger partial charge is 0.493 e. The summed E-state index contributed by atoms with van der Waals surface area (Å²) in [5, 5.41) is 0. The van der Waals surface area contributed by atoms with Crippen LogP contribution >= 0.6 is 0 Å². The predicted octanol–water partition coefficient (Wildman–Crippen LogP) is 1.94. The van der Waals surface area contributed by atoms with Crippen molar-refractivity contribution in [1.82, 2.24) is 4.57 Å². The second-order valence-electron chi connectivity index (χ2n) is 6.51. The molecule has 0 unspecified atom stereocenters. The molecule has 0 bridgehead atoms. The van der Waals surface area contributed by atoms with Gasteiger partial charge in [-0.1, -0.05) is 5.46 Å². The number of nitrogens with zero attached hydrogens (tertiary/aromatic N) is 1. The molecule has 1 aliphatic rings. The molecule has 2 aromatic rings. The van der Waals surface area contributed by atoms with Crippen LogP contribution in [0.15, 0.2) is 18.2 Å². The highest BCUT2D eigenvalue weighted by atomic mass is 16.5. The van der Waals surface area contributed by atoms with Crippen molar-refractivity contribution in [2.45, 2.75) is 39.8 Å². The number of methoxy groups -OCH3 is 1. The number of esters is 1. The maximum absolute atomic E-state index is 12.3. The van der Waals surface area contributed by atoms with Crippen molar-refractivity contribution < 1.29 is 19.0 Å². The number of ether oxygens (including phenoxy) is 3. The van der Waals surface area contributed by atoms with Crippen molar-refractivity contribution in [2.75, 3.05) is 13.7 Å². The van der Waals surface area contributed by atoms with Gasteiger partial charge < -0.3 is 18.8 Å². The smallest absolute Gasteiger partial charge is 0.354 e. The fourth-order valence-corrected chi connectivity index (χ4v) is 3.42. The average molecular weight is 341 g/mol. The molecular formula is C19H24BNO4. The number of rotatable bonds is 5. The second-order valence-corrected chi connectivity index (χ2v) is 6.51. The lowest BCUT2D eigenvalue weighted by molar-refractivity contribution is 0.0514. The van der Waals surface area contributed by atoms with Gasteiger partial charge in [-0.3, -0.25) is 0 Å². The standard InChI is InChI=1S/C19H24BNO4/c1-5-24-19(22)15-10-14(20)18-13-9-17(25-11(2)3)16(23-4)8-12(13)6-7-21(15)18/h8-11H,5-7,20H2,1-4H3. The van der Waals surface area contributed by atoms with Crippen LogP contribution in [-0.4, -0.2) is 38.2 Å². The SMILES string of the molecule is Bc1cc(C(=O)OCC)n2c1-c1cc(OC(C)C)c(OC)cc1CC2. The van der Waals surface area contributed by atoms with Gasteiger partial charge in [0.15, 0.2) is 11.5 Å². The quantitative estimate of drug-likeness (QED) is 0.616. The van der Waals surface area contributed by atoms with Gasteiger partial charge in [-0.2, -0.15) is 0 Å². The first-order valence-corrected chi connectivity index (χ1v) is 8.71. The van der Waals surface area contributed by atoms with Crippen LogP contribution < -0.4 is 14.9 Å². The summed E-state index contributed by atoms with van der Waals surface area (Å²) >= 11 is 0. The Morgan fingerprint density at radius 1 is 1.28 bits per heavy atom. The maximum Gasteiger partial charge on any atom is 0.354 e. The van der Waals surface area contributed by atoms with Gasteiger partial charge >= 0.3 is 5.97 Å². The van der Waals surface area contributed by atoms with Crippen LogP contribution in [0.5, 0.6) is 11.5 Å². The zero-order valence-corrected chi connectivity index (χ0v) is 15.5. The van der Waals surface area contributed by atoms with Crippen molar-refractivity contribution in [3.8, 4) is 22.8 Å². The van der Waals surface area contributed by atoms with E-state index in [1.165, 1.54) is 5.56 Å². The predicted molar refractivity (Wildman–Crippen MR) is 100 cm³/mol. The minimum atomic E-state index is -0.271. The first kappa shape index (κ1) is 17.5. The van der Waals surface area contributed by atoms with E-state index in [1.807, 2.05) is 46.8 Å². The first-order valence-electron chi connectivity index (χ1n) is 8.71. The number of hydrogen-bond donors (Lipinski definition) is 0. The van der Waals surface area contributed by atoms with Crippen LogP contribution in [0.1, 0.15) is 36.8 Å². The minimum Gasteiger partial charge on any atom is -0.493 e. The zero-order chi connectivity index (χ0) is 18.1. The highest BCUT2D eigenvalue weighted by Gasteiger charge is 2.26. The fraction of sp³-hybridized carbons (Fsp3) is 0.421. The van der Waals surface area contributed by atoms with E-state index in [-0.39, 0.29) is 12.1 Å². The third kappa shape index (κ3) is 3.13. The molecule has 0 aliphatic carbocycles. The summed E-state index contributed by atoms with van der Waals surface area (Å²) in [7, 11) is 3.68. The molecule has 6 heteroatoms. The van der Waals surface area contributed by atoms with Gasteiger partial charge in [0.25, 0.3) is 0 Å². The van der Waals surface area contributed by atoms with Crippen molar-refractivity contribution >= 4 is 19.3 Å². The molecule has 0 atom stereocenters. The Morgan fingerprint density at radius 2 is 2.04 bits per heavy atom. The van der Waals surface area contributed by atoms with Gasteiger partial charge in [0.1, 0.15) is 13.5 Å². The Labute approximate surface area is 149 Å². The summed E-state index contributed by atoms with van der Waals surface area (Å²) < 4.78 is 18.7. The van der Waals surface area contributed by atoms with Crippen LogP contribution in [0, 0.1) is 0 Å². The van der Waals surface area contributed by atoms with E-state index in [0.29, 0.717) is 12.3 Å². The van der Waals surface area contributed by atoms with E-state index in [4.69, 9.17) is 14.2 Å². The molecule has 1 aliphatic heterocycles. The number of benzene rings is 1. The topological polar surface area (TPSA) is 49.7 Å². The molecule has 132 valence electrons. The number of aryl methyl sites for hydroxylation is 1. The highest BCUT2D eigenvalue weighted by molar-refractivity contribution is 6.36. The summed E-state index contributed by atoms with van der Waals surface area (Å²) in [6, 6.07) is 5.99. The Balaban J connectivity index is 2.13. The molecule has 1 aromatic heterocycles. The molecule has 0 amide bonds. The zero-order valence-electron chi connectivity index (χ0n) is 15.5. The molecule has 25 heavy (non-hydrogen) atoms. The van der Waals surface area contributed by atoms with Crippen molar-refractivity contribution in [2.24, 2.45) is 0 Å². The number of aromatic nitrogens is 1. The van der Waals surface area contributed by atoms with E-state index < -0.39 is 0 Å². The Morgan fingerprint density at radius 3 is 2.68 bits per heavy atom. The molecule has 1 aromatic carbocycles. The lowest BCUT2D eigenvalue weighted by Gasteiger charge is -2.24. The van der Waals surface area contributed by atoms with Crippen molar-refractivity contribution in [1.29, 1.82) is 0 Å². The number of hydrogen-bond acceptors (Lipinski definition) is 4. The maximum atomic E-state index is 12.3. The number of fused-ring (bicyclic) bond motifs is 3. The fourth-order valence-electron chi connectivity index (χ4n) is 3.42. The molecule has 2 heterocycles. The van der Waals surface area contributed by atoms with Crippen molar-refractivity contribution in [3.63, 3.8) is 0 Å². The van der Waals surface area contributed by atoms with E-state index in [2.05, 4.69) is 4.57 Å². The van der Waals surface area contributed by atoms with E-state index in [1.54, 1.807) is 7.11 Å². The van der Waals surface area contributed by atoms with Crippen LogP contribution in [-0.2, 0) is 17.7 Å². The Bertz CT molecular complexity index is 810. The molecular weight excluding hydrogens is 317 g/mol. The third-order valence-corrected chi connectivity index (χ3v) is 4.38. The Kier molecular flexibility index (Phi) is 4.79. The van der Waals surface area contributed by atoms with Crippen molar-refractivity contribution in [3.05, 3.63) is 29.5 Å². The normalized spacial score (nSPS) is 12.5. The average Bonchev–Trinajstić information content (AvgIpc) is 2.91. The number of carbonyl (C=O) groups is 1. The van der Waals surface area contributed by atoms with Gasteiger partial charge in [0.05, 0.1) is 19.8 Å². The number of carbonyl (C=O) groups excluding carboxylic acids is 1. The summed E-state index contributed by atoms with van der Waals surface area (Å²) in [6.07, 6.45) is 0.889. The third-order valence-electron chi connectivity index (χ3n) is 4.38. The van der Waals surface area contributed by atoms with E-state index >= 15 is 0 Å². The molecule has 0 fully saturated rings. The molecule has 0 saturated carbocycles. The van der Waals surface area contributed by atoms with Gasteiger partial charge in [-0.15, -0.1) is 0 Å². The molecule has 5 nitrogen and oxygen atoms in total. The second kappa shape index (κ2) is 6.86. The molecule has 0 radical (unpaired) electrons. The van der Waals surface area contributed by atoms with Gasteiger partial charge in [-0.05, 0) is 51.0 Å². The van der Waals surface area contributed by atoms with Crippen LogP contribution in [0.25, 0.3) is 11.3 Å². The van der Waals surface area contributed by atoms with E-state index in [9.17, 15) is 4.79 Å². The first-order chi connectivity index (χ1) is 12.0. The van der Waals surface area contributed by atoms with Crippen LogP contribution in [0.4, 0.5) is 0 Å². The lowest BCUT2D eigenvalue weighted by atomic mass is 9.88.